The molecule has 6 rings (SSSR count). The van der Waals surface area contributed by atoms with Gasteiger partial charge in [-0.15, -0.1) is 0 Å². The van der Waals surface area contributed by atoms with Crippen LogP contribution in [0.4, 0.5) is 5.82 Å². The number of pyridine rings is 1. The van der Waals surface area contributed by atoms with Gasteiger partial charge in [0.2, 0.25) is 5.88 Å². The number of ether oxygens (including phenoxy) is 1. The van der Waals surface area contributed by atoms with Gasteiger partial charge in [0.15, 0.2) is 0 Å². The molecule has 1 aromatic carbocycles. The Kier molecular flexibility index (Phi) is 3.22. The summed E-state index contributed by atoms with van der Waals surface area (Å²) in [4.78, 5) is 6.24. The molecule has 2 aromatic heterocycles. The summed E-state index contributed by atoms with van der Waals surface area (Å²) in [5.41, 5.74) is 3.97. The van der Waals surface area contributed by atoms with Gasteiger partial charge in [-0.3, -0.25) is 0 Å². The fourth-order valence-corrected chi connectivity index (χ4v) is 4.98. The summed E-state index contributed by atoms with van der Waals surface area (Å²) in [7, 11) is 0. The van der Waals surface area contributed by atoms with E-state index < -0.39 is 6.98 Å². The summed E-state index contributed by atoms with van der Waals surface area (Å²) in [6, 6.07) is 12.5. The number of hydrogen-bond donors (Lipinski definition) is 1. The quantitative estimate of drug-likeness (QED) is 0.741. The van der Waals surface area contributed by atoms with E-state index in [1.807, 2.05) is 35.1 Å². The zero-order valence-electron chi connectivity index (χ0n) is 19.1. The largest absolute Gasteiger partial charge is 0.472 e. The smallest absolute Gasteiger partial charge is 0.223 e. The Morgan fingerprint density at radius 1 is 1.17 bits per heavy atom. The van der Waals surface area contributed by atoms with Crippen LogP contribution in [0.15, 0.2) is 48.8 Å². The minimum absolute atomic E-state index is 0.0562. The number of hydrogen-bond acceptors (Lipinski definition) is 5. The third kappa shape index (κ3) is 2.90. The molecule has 0 radical (unpaired) electrons. The molecule has 3 aliphatic heterocycles. The van der Waals surface area contributed by atoms with Gasteiger partial charge in [-0.25, -0.2) is 4.68 Å². The molecular formula is C23H25N5O. The van der Waals surface area contributed by atoms with E-state index >= 15 is 0 Å². The molecule has 3 aliphatic rings. The van der Waals surface area contributed by atoms with Crippen molar-refractivity contribution in [3.8, 4) is 22.7 Å². The topological polar surface area (TPSA) is 55.2 Å². The van der Waals surface area contributed by atoms with Crippen molar-refractivity contribution in [3.63, 3.8) is 0 Å². The van der Waals surface area contributed by atoms with E-state index in [9.17, 15) is 0 Å². The van der Waals surface area contributed by atoms with Gasteiger partial charge < -0.3 is 15.0 Å². The summed E-state index contributed by atoms with van der Waals surface area (Å²) < 4.78 is 32.5. The third-order valence-corrected chi connectivity index (χ3v) is 6.42. The molecule has 0 aliphatic carbocycles. The summed E-state index contributed by atoms with van der Waals surface area (Å²) in [5.74, 6) is 0.958. The van der Waals surface area contributed by atoms with Gasteiger partial charge in [0, 0.05) is 47.2 Å². The van der Waals surface area contributed by atoms with Gasteiger partial charge in [0.1, 0.15) is 12.4 Å². The number of aromatic nitrogens is 3. The zero-order valence-corrected chi connectivity index (χ0v) is 16.1. The summed E-state index contributed by atoms with van der Waals surface area (Å²) in [5, 5.41) is 7.89. The van der Waals surface area contributed by atoms with Gasteiger partial charge in [-0.2, -0.15) is 10.1 Å². The number of nitrogens with zero attached hydrogens (tertiary/aromatic N) is 4. The molecular weight excluding hydrogens is 362 g/mol. The van der Waals surface area contributed by atoms with Crippen molar-refractivity contribution >= 4 is 5.82 Å². The minimum atomic E-state index is -2.26. The first-order valence-electron chi connectivity index (χ1n) is 11.8. The fourth-order valence-electron chi connectivity index (χ4n) is 4.98. The first-order valence-corrected chi connectivity index (χ1v) is 10.3. The molecule has 2 unspecified atom stereocenters. The molecule has 1 N–H and O–H groups in total. The lowest BCUT2D eigenvalue weighted by Crippen LogP contribution is -2.47. The maximum atomic E-state index is 8.21. The molecule has 3 aromatic rings. The van der Waals surface area contributed by atoms with E-state index in [0.29, 0.717) is 30.4 Å². The average molecular weight is 391 g/mol. The van der Waals surface area contributed by atoms with Gasteiger partial charge in [0.05, 0.1) is 5.69 Å². The van der Waals surface area contributed by atoms with Gasteiger partial charge >= 0.3 is 0 Å². The Balaban J connectivity index is 1.34. The highest BCUT2D eigenvalue weighted by Gasteiger charge is 2.35. The molecule has 0 saturated carbocycles. The van der Waals surface area contributed by atoms with Crippen LogP contribution < -0.4 is 15.0 Å². The lowest BCUT2D eigenvalue weighted by molar-refractivity contribution is 0.289. The third-order valence-electron chi connectivity index (χ3n) is 6.42. The predicted octanol–water partition coefficient (Wildman–Crippen LogP) is 3.55. The molecule has 2 saturated heterocycles. The maximum Gasteiger partial charge on any atom is 0.223 e. The first-order chi connectivity index (χ1) is 15.5. The number of benzene rings is 1. The molecule has 2 bridgehead atoms. The van der Waals surface area contributed by atoms with Crippen molar-refractivity contribution in [1.29, 1.82) is 0 Å². The van der Waals surface area contributed by atoms with E-state index in [0.717, 1.165) is 48.1 Å². The molecule has 2 fully saturated rings. The second kappa shape index (κ2) is 6.59. The van der Waals surface area contributed by atoms with Gasteiger partial charge in [-0.1, -0.05) is 6.07 Å². The number of rotatable bonds is 3. The minimum Gasteiger partial charge on any atom is -0.472 e. The van der Waals surface area contributed by atoms with Crippen molar-refractivity contribution in [1.82, 2.24) is 20.1 Å². The van der Waals surface area contributed by atoms with Gasteiger partial charge in [-0.05, 0) is 67.1 Å². The summed E-state index contributed by atoms with van der Waals surface area (Å²) in [6.45, 7) is -1.87. The average Bonchev–Trinajstić information content (AvgIpc) is 3.42. The van der Waals surface area contributed by atoms with Crippen LogP contribution in [-0.2, 0) is 6.61 Å². The number of fused-ring (bicyclic) bond motifs is 5. The van der Waals surface area contributed by atoms with Crippen LogP contribution in [0.1, 0.15) is 35.4 Å². The summed E-state index contributed by atoms with van der Waals surface area (Å²) >= 11 is 0. The van der Waals surface area contributed by atoms with E-state index in [4.69, 9.17) is 13.8 Å². The standard InChI is InChI=1S/C23H25N5O/c1-27(19-12-16-3-4-17(13-19)25-16)22-8-7-21-20-6-5-18(28-10-2-9-24-28)11-15(20)14-29-23(21)26-22/h2,5-11,16-17,19,25H,3-4,12-14H2,1H3/i1D3. The molecule has 0 amide bonds. The highest BCUT2D eigenvalue weighted by molar-refractivity contribution is 5.75. The van der Waals surface area contributed by atoms with Crippen molar-refractivity contribution in [2.75, 3.05) is 11.9 Å². The zero-order chi connectivity index (χ0) is 21.9. The normalized spacial score (nSPS) is 26.5. The van der Waals surface area contributed by atoms with Crippen LogP contribution >= 0.6 is 0 Å². The Labute approximate surface area is 174 Å². The molecule has 6 nitrogen and oxygen atoms in total. The second-order valence-corrected chi connectivity index (χ2v) is 8.24. The Morgan fingerprint density at radius 2 is 2.03 bits per heavy atom. The van der Waals surface area contributed by atoms with Crippen LogP contribution in [0.3, 0.4) is 0 Å². The van der Waals surface area contributed by atoms with Crippen molar-refractivity contribution in [2.24, 2.45) is 0 Å². The first kappa shape index (κ1) is 14.2. The van der Waals surface area contributed by atoms with Crippen LogP contribution in [0.25, 0.3) is 16.8 Å². The van der Waals surface area contributed by atoms with Crippen LogP contribution in [0.5, 0.6) is 5.88 Å². The number of piperidine rings is 1. The van der Waals surface area contributed by atoms with Crippen molar-refractivity contribution in [2.45, 2.75) is 50.4 Å². The van der Waals surface area contributed by atoms with Crippen molar-refractivity contribution in [3.05, 3.63) is 54.4 Å². The molecule has 148 valence electrons. The maximum absolute atomic E-state index is 8.21. The Hall–Kier alpha value is -2.86. The molecule has 2 atom stereocenters. The highest BCUT2D eigenvalue weighted by Crippen LogP contribution is 2.39. The Morgan fingerprint density at radius 3 is 2.83 bits per heavy atom. The van der Waals surface area contributed by atoms with E-state index in [2.05, 4.69) is 22.5 Å². The van der Waals surface area contributed by atoms with Crippen LogP contribution in [-0.4, -0.2) is 39.9 Å². The lowest BCUT2D eigenvalue weighted by atomic mass is 9.97. The van der Waals surface area contributed by atoms with Crippen LogP contribution in [0, 0.1) is 0 Å². The van der Waals surface area contributed by atoms with E-state index in [-0.39, 0.29) is 6.04 Å². The number of anilines is 1. The second-order valence-electron chi connectivity index (χ2n) is 8.24. The Bertz CT molecular complexity index is 1140. The summed E-state index contributed by atoms with van der Waals surface area (Å²) in [6.07, 6.45) is 7.55. The lowest BCUT2D eigenvalue weighted by Gasteiger charge is -2.36. The monoisotopic (exact) mass is 390 g/mol. The van der Waals surface area contributed by atoms with Crippen LogP contribution in [0.2, 0.25) is 0 Å². The predicted molar refractivity (Wildman–Crippen MR) is 112 cm³/mol. The van der Waals surface area contributed by atoms with E-state index in [1.165, 1.54) is 0 Å². The molecule has 0 spiro atoms. The molecule has 29 heavy (non-hydrogen) atoms. The number of nitrogens with one attached hydrogen (secondary N) is 1. The fraction of sp³-hybridized carbons (Fsp3) is 0.391. The highest BCUT2D eigenvalue weighted by atomic mass is 16.5. The SMILES string of the molecule is [2H]C([2H])([2H])N(c1ccc2c(n1)OCc1cc(-n3cccn3)ccc1-2)C1CC2CCC(C1)N2. The van der Waals surface area contributed by atoms with Gasteiger partial charge in [0.25, 0.3) is 0 Å². The van der Waals surface area contributed by atoms with Crippen molar-refractivity contribution < 1.29 is 8.85 Å². The molecule has 6 heteroatoms. The van der Waals surface area contributed by atoms with E-state index in [1.54, 1.807) is 11.1 Å². The molecule has 5 heterocycles.